The highest BCUT2D eigenvalue weighted by Gasteiger charge is 2.53. The van der Waals surface area contributed by atoms with Crippen LogP contribution in [0, 0.1) is 11.8 Å². The first-order chi connectivity index (χ1) is 22.2. The number of anilines is 2. The Balaban J connectivity index is 1.29. The number of carbonyl (C=O) groups is 1. The molecule has 0 aromatic carbocycles. The van der Waals surface area contributed by atoms with Gasteiger partial charge in [0.15, 0.2) is 23.6 Å². The number of amides is 1. The van der Waals surface area contributed by atoms with Crippen LogP contribution in [0.4, 0.5) is 20.5 Å². The maximum Gasteiger partial charge on any atom is 0.472 e. The van der Waals surface area contributed by atoms with Gasteiger partial charge in [0, 0.05) is 18.0 Å². The highest BCUT2D eigenvalue weighted by molar-refractivity contribution is 8.44. The Hall–Kier alpha value is -2.87. The number of alkyl halides is 2. The summed E-state index contributed by atoms with van der Waals surface area (Å²) in [6.07, 6.45) is -6.94. The molecule has 10 atom stereocenters. The molecule has 1 unspecified atom stereocenters. The molecule has 2 saturated heterocycles. The number of imidazole rings is 1. The van der Waals surface area contributed by atoms with Gasteiger partial charge in [-0.1, -0.05) is 26.1 Å². The Morgan fingerprint density at radius 3 is 2.68 bits per heavy atom. The van der Waals surface area contributed by atoms with Gasteiger partial charge in [-0.2, -0.15) is 4.98 Å². The number of halogens is 2. The number of nitrogens with one attached hydrogen (secondary N) is 3. The minimum Gasteiger partial charge on any atom is -0.364 e. The van der Waals surface area contributed by atoms with E-state index in [1.807, 2.05) is 0 Å². The van der Waals surface area contributed by atoms with E-state index in [-0.39, 0.29) is 29.4 Å². The van der Waals surface area contributed by atoms with Gasteiger partial charge < -0.3 is 14.9 Å². The van der Waals surface area contributed by atoms with E-state index in [2.05, 4.69) is 47.8 Å². The predicted molar refractivity (Wildman–Crippen MR) is 161 cm³/mol. The molecule has 3 fully saturated rings. The second-order valence-electron chi connectivity index (χ2n) is 11.3. The third kappa shape index (κ3) is 7.28. The van der Waals surface area contributed by atoms with Crippen LogP contribution in [-0.2, 0) is 36.8 Å². The molecule has 4 N–H and O–H groups in total. The highest BCUT2D eigenvalue weighted by atomic mass is 32.7. The molecule has 1 saturated carbocycles. The number of fused-ring (bicyclic) bond motifs is 4. The quantitative estimate of drug-likeness (QED) is 0.188. The van der Waals surface area contributed by atoms with Crippen LogP contribution in [0.1, 0.15) is 26.5 Å². The van der Waals surface area contributed by atoms with Crippen molar-refractivity contribution < 1.29 is 50.4 Å². The predicted octanol–water partition coefficient (Wildman–Crippen LogP) is 2.53. The van der Waals surface area contributed by atoms with E-state index in [9.17, 15) is 23.6 Å². The van der Waals surface area contributed by atoms with Crippen LogP contribution in [0.3, 0.4) is 0 Å². The summed E-state index contributed by atoms with van der Waals surface area (Å²) < 4.78 is 86.2. The molecule has 0 radical (unpaired) electrons. The fraction of sp³-hybridized carbons (Fsp3) is 0.583. The standard InChI is InChI=1S/C24H30F2N8O10P2S/c1-10(2)21(35)32-24-31-20-17(22(36)33-24)29-9-34(20)23-19-16(26)13(42-23)7-41-46(39,47)44-18-11(6-40-45(37,38)43-19)5-12(15(18)25)30-14-3-4-27-8-28-14/h3-4,8-13,15-16,18-19,23H,5-7H2,1-2H3,(H,37,38)(H,39,47)(H,27,28,30)(H2,31,32,33,35,36)/t11-,12-,13-,15+,16-,18-,19-,23-,46+/m1/s1. The van der Waals surface area contributed by atoms with Crippen LogP contribution in [0.15, 0.2) is 29.7 Å². The van der Waals surface area contributed by atoms with E-state index in [0.29, 0.717) is 0 Å². The zero-order valence-electron chi connectivity index (χ0n) is 24.6. The smallest absolute Gasteiger partial charge is 0.364 e. The maximum atomic E-state index is 15.9. The lowest BCUT2D eigenvalue weighted by Crippen LogP contribution is -2.34. The molecule has 0 spiro atoms. The number of hydrogen-bond acceptors (Lipinski definition) is 14. The second-order valence-corrected chi connectivity index (χ2v) is 15.6. The monoisotopic (exact) mass is 722 g/mol. The van der Waals surface area contributed by atoms with Crippen molar-refractivity contribution in [3.8, 4) is 0 Å². The summed E-state index contributed by atoms with van der Waals surface area (Å²) >= 11 is 3.96. The number of aromatic amines is 1. The molecule has 3 aromatic heterocycles. The lowest BCUT2D eigenvalue weighted by Gasteiger charge is -2.26. The van der Waals surface area contributed by atoms with Crippen LogP contribution in [0.2, 0.25) is 0 Å². The Morgan fingerprint density at radius 2 is 1.96 bits per heavy atom. The molecule has 5 heterocycles. The van der Waals surface area contributed by atoms with Gasteiger partial charge in [-0.25, -0.2) is 32.9 Å². The minimum absolute atomic E-state index is 0.0376. The van der Waals surface area contributed by atoms with Gasteiger partial charge in [-0.05, 0) is 12.5 Å². The van der Waals surface area contributed by atoms with Crippen LogP contribution in [-0.4, -0.2) is 90.2 Å². The van der Waals surface area contributed by atoms with Crippen molar-refractivity contribution in [2.75, 3.05) is 23.8 Å². The van der Waals surface area contributed by atoms with Crippen molar-refractivity contribution in [2.45, 2.75) is 63.2 Å². The zero-order valence-corrected chi connectivity index (χ0v) is 27.3. The van der Waals surface area contributed by atoms with Crippen molar-refractivity contribution >= 4 is 55.7 Å². The normalized spacial score (nSPS) is 36.3. The van der Waals surface area contributed by atoms with Gasteiger partial charge in [0.2, 0.25) is 11.9 Å². The average Bonchev–Trinajstić information content (AvgIpc) is 3.65. The summed E-state index contributed by atoms with van der Waals surface area (Å²) in [5.41, 5.74) is -1.17. The number of rotatable bonds is 5. The lowest BCUT2D eigenvalue weighted by molar-refractivity contribution is -0.118. The molecule has 256 valence electrons. The highest BCUT2D eigenvalue weighted by Crippen LogP contribution is 2.58. The van der Waals surface area contributed by atoms with E-state index >= 15 is 8.78 Å². The van der Waals surface area contributed by atoms with Gasteiger partial charge in [0.25, 0.3) is 5.56 Å². The minimum atomic E-state index is -5.12. The van der Waals surface area contributed by atoms with Crippen molar-refractivity contribution in [1.82, 2.24) is 29.5 Å². The molecular formula is C24H30F2N8O10P2S. The molecule has 3 aliphatic rings. The van der Waals surface area contributed by atoms with Crippen LogP contribution in [0.25, 0.3) is 11.2 Å². The van der Waals surface area contributed by atoms with Crippen molar-refractivity contribution in [3.63, 3.8) is 0 Å². The third-order valence-electron chi connectivity index (χ3n) is 7.74. The van der Waals surface area contributed by atoms with Crippen molar-refractivity contribution in [1.29, 1.82) is 0 Å². The molecule has 3 aromatic rings. The van der Waals surface area contributed by atoms with Gasteiger partial charge in [-0.15, -0.1) is 0 Å². The van der Waals surface area contributed by atoms with Gasteiger partial charge in [-0.3, -0.25) is 42.6 Å². The first kappa shape index (κ1) is 34.0. The Kier molecular flexibility index (Phi) is 9.56. The second kappa shape index (κ2) is 13.2. The lowest BCUT2D eigenvalue weighted by atomic mass is 10.1. The fourth-order valence-electron chi connectivity index (χ4n) is 5.42. The zero-order chi connectivity index (χ0) is 33.7. The molecule has 6 rings (SSSR count). The molecule has 2 bridgehead atoms. The maximum absolute atomic E-state index is 15.9. The molecule has 23 heteroatoms. The number of nitrogens with zero attached hydrogens (tertiary/aromatic N) is 5. The molecule has 2 aliphatic heterocycles. The fourth-order valence-corrected chi connectivity index (χ4v) is 7.90. The average molecular weight is 723 g/mol. The summed E-state index contributed by atoms with van der Waals surface area (Å²) in [5, 5.41) is 5.32. The summed E-state index contributed by atoms with van der Waals surface area (Å²) in [6, 6.07) is 0.543. The number of phosphoric ester groups is 1. The number of ether oxygens (including phenoxy) is 1. The molecule has 1 amide bonds. The van der Waals surface area contributed by atoms with Crippen LogP contribution < -0.4 is 16.2 Å². The number of thiol groups is 1. The number of H-pyrrole nitrogens is 1. The number of hydrogen-bond donors (Lipinski definition) is 5. The SMILES string of the molecule is CC(C)C(=O)Nc1nc2c(ncn2[C@@H]2O[C@@H]3CO[P@](=O)(S)O[C@@H]4[C@@H](COP(=O)(O)O[C@@H]2[C@@H]3F)C[C@@H](Nc2ccncn2)[C@@H]4F)c(=O)[nH]1. The molecule has 47 heavy (non-hydrogen) atoms. The van der Waals surface area contributed by atoms with Crippen molar-refractivity contribution in [3.05, 3.63) is 35.3 Å². The van der Waals surface area contributed by atoms with Crippen LogP contribution >= 0.6 is 26.9 Å². The first-order valence-electron chi connectivity index (χ1n) is 14.3. The summed E-state index contributed by atoms with van der Waals surface area (Å²) in [4.78, 5) is 54.0. The third-order valence-corrected chi connectivity index (χ3v) is 10.3. The number of aromatic nitrogens is 6. The molecule has 1 aliphatic carbocycles. The van der Waals surface area contributed by atoms with E-state index in [1.165, 1.54) is 18.6 Å². The van der Waals surface area contributed by atoms with E-state index in [1.54, 1.807) is 13.8 Å². The Bertz CT molecular complexity index is 1790. The summed E-state index contributed by atoms with van der Waals surface area (Å²) in [6.45, 7) is -2.58. The number of carbonyl (C=O) groups excluding carboxylic acids is 1. The van der Waals surface area contributed by atoms with E-state index in [0.717, 1.165) is 10.9 Å². The largest absolute Gasteiger partial charge is 0.472 e. The van der Waals surface area contributed by atoms with Gasteiger partial charge >= 0.3 is 14.6 Å². The Morgan fingerprint density at radius 1 is 1.17 bits per heavy atom. The first-order valence-corrected chi connectivity index (χ1v) is 18.5. The molecule has 18 nitrogen and oxygen atoms in total. The topological polar surface area (TPSA) is 231 Å². The molecular weight excluding hydrogens is 692 g/mol. The number of phosphoric acid groups is 1. The summed E-state index contributed by atoms with van der Waals surface area (Å²) in [7, 11) is -5.12. The van der Waals surface area contributed by atoms with Crippen LogP contribution in [0.5, 0.6) is 0 Å². The van der Waals surface area contributed by atoms with Gasteiger partial charge in [0.1, 0.15) is 36.6 Å². The summed E-state index contributed by atoms with van der Waals surface area (Å²) in [5.74, 6) is -1.85. The Labute approximate surface area is 269 Å². The van der Waals surface area contributed by atoms with E-state index in [4.69, 9.17) is 22.8 Å². The van der Waals surface area contributed by atoms with Gasteiger partial charge in [0.05, 0.1) is 25.6 Å². The van der Waals surface area contributed by atoms with Crippen molar-refractivity contribution in [2.24, 2.45) is 11.8 Å². The van der Waals surface area contributed by atoms with E-state index < -0.39 is 94.1 Å².